The number of likely N-dealkylation sites (tertiary alicyclic amines) is 1. The van der Waals surface area contributed by atoms with Crippen LogP contribution in [0.2, 0.25) is 0 Å². The van der Waals surface area contributed by atoms with Crippen molar-refractivity contribution in [2.75, 3.05) is 42.2 Å². The predicted octanol–water partition coefficient (Wildman–Crippen LogP) is 3.60. The Balaban J connectivity index is 1.59. The summed E-state index contributed by atoms with van der Waals surface area (Å²) in [7, 11) is 2.09. The van der Waals surface area contributed by atoms with Crippen LogP contribution in [0.15, 0.2) is 36.3 Å². The van der Waals surface area contributed by atoms with E-state index in [1.54, 1.807) is 6.20 Å². The van der Waals surface area contributed by atoms with Gasteiger partial charge in [-0.3, -0.25) is 10.1 Å². The van der Waals surface area contributed by atoms with E-state index in [1.807, 2.05) is 38.1 Å². The van der Waals surface area contributed by atoms with E-state index in [4.69, 9.17) is 0 Å². The van der Waals surface area contributed by atoms with Gasteiger partial charge in [-0.05, 0) is 63.9 Å². The predicted molar refractivity (Wildman–Crippen MR) is 126 cm³/mol. The summed E-state index contributed by atoms with van der Waals surface area (Å²) >= 11 is 0. The molecule has 0 aliphatic carbocycles. The van der Waals surface area contributed by atoms with Gasteiger partial charge in [0.05, 0.1) is 17.1 Å². The van der Waals surface area contributed by atoms with Gasteiger partial charge in [-0.1, -0.05) is 12.1 Å². The third-order valence-corrected chi connectivity index (χ3v) is 6.04. The number of para-hydroxylation sites is 2. The molecule has 1 saturated heterocycles. The van der Waals surface area contributed by atoms with Crippen molar-refractivity contribution >= 4 is 28.8 Å². The van der Waals surface area contributed by atoms with Crippen molar-refractivity contribution in [1.82, 2.24) is 14.9 Å². The summed E-state index contributed by atoms with van der Waals surface area (Å²) in [5.41, 5.74) is 3.69. The molecule has 0 bridgehead atoms. The van der Waals surface area contributed by atoms with E-state index in [0.717, 1.165) is 42.9 Å². The standard InChI is InChI=1S/C24H29N7O/c1-4-31-20-10-6-5-9-19(20)27-23(31)18(13-25)22-16(2)14-26-24(29-22)28-21(32)12-17-8-7-11-30(3)15-17/h5-6,9-10,14,17,27H,4,7-8,11-12,15H2,1-3H3,(H,26,28,29,32)/b23-18+. The minimum absolute atomic E-state index is 0.0900. The minimum Gasteiger partial charge on any atom is -0.339 e. The molecule has 3 heterocycles. The Morgan fingerprint density at radius 3 is 2.94 bits per heavy atom. The maximum atomic E-state index is 12.6. The zero-order valence-electron chi connectivity index (χ0n) is 18.9. The van der Waals surface area contributed by atoms with Crippen molar-refractivity contribution in [3.63, 3.8) is 0 Å². The van der Waals surface area contributed by atoms with E-state index in [-0.39, 0.29) is 11.9 Å². The number of hydrogen-bond donors (Lipinski definition) is 2. The number of carbonyl (C=O) groups excluding carboxylic acids is 1. The number of nitriles is 1. The van der Waals surface area contributed by atoms with Gasteiger partial charge in [0.15, 0.2) is 0 Å². The second-order valence-electron chi connectivity index (χ2n) is 8.47. The molecule has 1 fully saturated rings. The van der Waals surface area contributed by atoms with Crippen molar-refractivity contribution in [3.05, 3.63) is 47.5 Å². The fraction of sp³-hybridized carbons (Fsp3) is 0.417. The second kappa shape index (κ2) is 9.37. The number of piperidine rings is 1. The summed E-state index contributed by atoms with van der Waals surface area (Å²) < 4.78 is 0. The van der Waals surface area contributed by atoms with Gasteiger partial charge >= 0.3 is 0 Å². The lowest BCUT2D eigenvalue weighted by atomic mass is 9.95. The van der Waals surface area contributed by atoms with Gasteiger partial charge in [0.25, 0.3) is 0 Å². The molecule has 8 heteroatoms. The van der Waals surface area contributed by atoms with Crippen molar-refractivity contribution in [2.24, 2.45) is 5.92 Å². The number of anilines is 3. The Kier molecular flexibility index (Phi) is 6.37. The molecule has 0 radical (unpaired) electrons. The molecular formula is C24H29N7O. The number of nitrogens with zero attached hydrogens (tertiary/aromatic N) is 5. The lowest BCUT2D eigenvalue weighted by molar-refractivity contribution is -0.117. The highest BCUT2D eigenvalue weighted by Crippen LogP contribution is 2.38. The van der Waals surface area contributed by atoms with E-state index in [2.05, 4.69) is 43.5 Å². The van der Waals surface area contributed by atoms with Gasteiger partial charge in [0.2, 0.25) is 11.9 Å². The van der Waals surface area contributed by atoms with Crippen molar-refractivity contribution in [1.29, 1.82) is 5.26 Å². The van der Waals surface area contributed by atoms with Gasteiger partial charge in [-0.25, -0.2) is 9.97 Å². The van der Waals surface area contributed by atoms with E-state index in [0.29, 0.717) is 36.0 Å². The number of rotatable bonds is 5. The molecule has 2 aliphatic rings. The first-order valence-electron chi connectivity index (χ1n) is 11.1. The fourth-order valence-electron chi connectivity index (χ4n) is 4.51. The fourth-order valence-corrected chi connectivity index (χ4v) is 4.51. The topological polar surface area (TPSA) is 97.2 Å². The lowest BCUT2D eigenvalue weighted by Crippen LogP contribution is -2.34. The molecule has 1 aromatic heterocycles. The van der Waals surface area contributed by atoms with Crippen LogP contribution in [0.4, 0.5) is 17.3 Å². The summed E-state index contributed by atoms with van der Waals surface area (Å²) in [6, 6.07) is 10.3. The SMILES string of the molecule is CCN1/C(=C(\C#N)c2nc(NC(=O)CC3CCCN(C)C3)ncc2C)Nc2ccccc21. The first kappa shape index (κ1) is 21.8. The molecular weight excluding hydrogens is 402 g/mol. The Morgan fingerprint density at radius 2 is 2.19 bits per heavy atom. The minimum atomic E-state index is -0.0900. The van der Waals surface area contributed by atoms with Gasteiger partial charge in [0.1, 0.15) is 17.5 Å². The Hall–Kier alpha value is -3.44. The average Bonchev–Trinajstić information content (AvgIpc) is 3.14. The Labute approximate surface area is 189 Å². The van der Waals surface area contributed by atoms with Crippen LogP contribution in [-0.4, -0.2) is 47.5 Å². The maximum Gasteiger partial charge on any atom is 0.229 e. The number of nitrogens with one attached hydrogen (secondary N) is 2. The molecule has 1 atom stereocenters. The molecule has 8 nitrogen and oxygen atoms in total. The molecule has 2 aliphatic heterocycles. The van der Waals surface area contributed by atoms with Crippen LogP contribution in [-0.2, 0) is 4.79 Å². The highest BCUT2D eigenvalue weighted by Gasteiger charge is 2.27. The van der Waals surface area contributed by atoms with Crippen molar-refractivity contribution < 1.29 is 4.79 Å². The van der Waals surface area contributed by atoms with Gasteiger partial charge in [-0.2, -0.15) is 5.26 Å². The summed E-state index contributed by atoms with van der Waals surface area (Å²) in [6.07, 6.45) is 4.27. The molecule has 1 aromatic carbocycles. The molecule has 0 spiro atoms. The highest BCUT2D eigenvalue weighted by atomic mass is 16.1. The van der Waals surface area contributed by atoms with Crippen LogP contribution < -0.4 is 15.5 Å². The number of aromatic nitrogens is 2. The Bertz CT molecular complexity index is 1090. The zero-order valence-corrected chi connectivity index (χ0v) is 18.9. The molecule has 4 rings (SSSR count). The largest absolute Gasteiger partial charge is 0.339 e. The number of amides is 1. The highest BCUT2D eigenvalue weighted by molar-refractivity contribution is 5.92. The van der Waals surface area contributed by atoms with E-state index in [9.17, 15) is 10.1 Å². The average molecular weight is 432 g/mol. The smallest absolute Gasteiger partial charge is 0.229 e. The summed E-state index contributed by atoms with van der Waals surface area (Å²) in [5, 5.41) is 16.2. The summed E-state index contributed by atoms with van der Waals surface area (Å²) in [4.78, 5) is 25.8. The monoisotopic (exact) mass is 431 g/mol. The first-order chi connectivity index (χ1) is 15.5. The quantitative estimate of drug-likeness (QED) is 0.698. The first-order valence-corrected chi connectivity index (χ1v) is 11.1. The Morgan fingerprint density at radius 1 is 1.38 bits per heavy atom. The molecule has 0 saturated carbocycles. The molecule has 32 heavy (non-hydrogen) atoms. The van der Waals surface area contributed by atoms with E-state index >= 15 is 0 Å². The molecule has 1 amide bonds. The number of fused-ring (bicyclic) bond motifs is 1. The van der Waals surface area contributed by atoms with Crippen LogP contribution >= 0.6 is 0 Å². The van der Waals surface area contributed by atoms with Crippen molar-refractivity contribution in [2.45, 2.75) is 33.1 Å². The van der Waals surface area contributed by atoms with Crippen LogP contribution in [0.1, 0.15) is 37.4 Å². The molecule has 2 N–H and O–H groups in total. The summed E-state index contributed by atoms with van der Waals surface area (Å²) in [5.74, 6) is 1.18. The number of benzene rings is 1. The number of carbonyl (C=O) groups is 1. The third kappa shape index (κ3) is 4.43. The zero-order chi connectivity index (χ0) is 22.7. The third-order valence-electron chi connectivity index (χ3n) is 6.04. The number of hydrogen-bond acceptors (Lipinski definition) is 7. The van der Waals surface area contributed by atoms with Crippen LogP contribution in [0, 0.1) is 24.2 Å². The van der Waals surface area contributed by atoms with Crippen LogP contribution in [0.5, 0.6) is 0 Å². The number of aryl methyl sites for hydroxylation is 1. The van der Waals surface area contributed by atoms with Gasteiger partial charge in [-0.15, -0.1) is 0 Å². The molecule has 166 valence electrons. The molecule has 2 aromatic rings. The van der Waals surface area contributed by atoms with E-state index in [1.165, 1.54) is 0 Å². The van der Waals surface area contributed by atoms with Gasteiger partial charge in [0, 0.05) is 25.7 Å². The number of allylic oxidation sites excluding steroid dienone is 1. The molecule has 1 unspecified atom stereocenters. The lowest BCUT2D eigenvalue weighted by Gasteiger charge is -2.29. The van der Waals surface area contributed by atoms with Gasteiger partial charge < -0.3 is 15.1 Å². The second-order valence-corrected chi connectivity index (χ2v) is 8.47. The van der Waals surface area contributed by atoms with E-state index < -0.39 is 0 Å². The normalized spacial score (nSPS) is 19.7. The summed E-state index contributed by atoms with van der Waals surface area (Å²) in [6.45, 7) is 6.63. The van der Waals surface area contributed by atoms with Crippen molar-refractivity contribution in [3.8, 4) is 6.07 Å². The van der Waals surface area contributed by atoms with Crippen LogP contribution in [0.25, 0.3) is 5.57 Å². The maximum absolute atomic E-state index is 12.6. The van der Waals surface area contributed by atoms with Crippen LogP contribution in [0.3, 0.4) is 0 Å².